The number of allylic oxidation sites excluding steroid dienone is 2. The van der Waals surface area contributed by atoms with Crippen molar-refractivity contribution in [3.05, 3.63) is 71.3 Å². The molecule has 2 aromatic rings. The Hall–Kier alpha value is -3.52. The molecule has 1 aromatic heterocycles. The number of benzene rings is 1. The van der Waals surface area contributed by atoms with Gasteiger partial charge in [-0.1, -0.05) is 30.3 Å². The highest BCUT2D eigenvalue weighted by Gasteiger charge is 2.47. The number of aryl methyl sites for hydroxylation is 1. The van der Waals surface area contributed by atoms with Crippen molar-refractivity contribution in [3.63, 3.8) is 0 Å². The van der Waals surface area contributed by atoms with E-state index in [1.165, 1.54) is 0 Å². The minimum atomic E-state index is -0.105. The smallest absolute Gasteiger partial charge is 0.251 e. The van der Waals surface area contributed by atoms with Gasteiger partial charge in [-0.05, 0) is 30.4 Å². The number of hydrogen-bond acceptors (Lipinski definition) is 6. The van der Waals surface area contributed by atoms with Crippen LogP contribution in [0.3, 0.4) is 0 Å². The van der Waals surface area contributed by atoms with E-state index in [1.54, 1.807) is 25.6 Å². The van der Waals surface area contributed by atoms with Gasteiger partial charge in [-0.2, -0.15) is 0 Å². The van der Waals surface area contributed by atoms with E-state index in [1.807, 2.05) is 30.1 Å². The zero-order valence-electron chi connectivity index (χ0n) is 20.6. The van der Waals surface area contributed by atoms with Crippen LogP contribution in [0.25, 0.3) is 5.57 Å². The Morgan fingerprint density at radius 3 is 2.63 bits per heavy atom. The van der Waals surface area contributed by atoms with Crippen LogP contribution in [0.5, 0.6) is 0 Å². The van der Waals surface area contributed by atoms with E-state index in [0.29, 0.717) is 18.0 Å². The number of fused-ring (bicyclic) bond motifs is 1. The molecule has 1 saturated carbocycles. The van der Waals surface area contributed by atoms with Gasteiger partial charge in [0.1, 0.15) is 5.82 Å². The first-order valence-electron chi connectivity index (χ1n) is 12.2. The fourth-order valence-electron chi connectivity index (χ4n) is 5.23. The summed E-state index contributed by atoms with van der Waals surface area (Å²) in [6, 6.07) is 8.10. The number of amides is 2. The summed E-state index contributed by atoms with van der Waals surface area (Å²) in [5.74, 6) is 1.42. The Morgan fingerprint density at radius 2 is 1.94 bits per heavy atom. The van der Waals surface area contributed by atoms with Crippen molar-refractivity contribution in [2.24, 2.45) is 11.8 Å². The molecule has 5 rings (SSSR count). The minimum absolute atomic E-state index is 0. The van der Waals surface area contributed by atoms with Crippen LogP contribution in [0, 0.1) is 18.8 Å². The molecule has 1 aliphatic heterocycles. The third-order valence-electron chi connectivity index (χ3n) is 7.32. The summed E-state index contributed by atoms with van der Waals surface area (Å²) in [5, 5.41) is 2.80. The lowest BCUT2D eigenvalue weighted by atomic mass is 9.86. The quantitative estimate of drug-likeness (QED) is 0.692. The van der Waals surface area contributed by atoms with Crippen LogP contribution < -0.4 is 10.2 Å². The SMILES string of the molecule is CNC(=O)C1=CC2CC2C(N(C)C(=O)CN2CCN(c3cnccn3)CC2)=C1c1ccccc1C.[HH]. The number of likely N-dealkylation sites (N-methyl/N-ethyl adjacent to an activating group) is 2. The fraction of sp³-hybridized carbons (Fsp3) is 0.407. The molecule has 1 saturated heterocycles. The highest BCUT2D eigenvalue weighted by molar-refractivity contribution is 6.11. The molecule has 2 fully saturated rings. The second-order valence-electron chi connectivity index (χ2n) is 9.52. The van der Waals surface area contributed by atoms with Crippen molar-refractivity contribution in [1.82, 2.24) is 25.1 Å². The summed E-state index contributed by atoms with van der Waals surface area (Å²) in [6.07, 6.45) is 8.23. The third kappa shape index (κ3) is 4.58. The zero-order chi connectivity index (χ0) is 24.5. The van der Waals surface area contributed by atoms with Gasteiger partial charge < -0.3 is 15.1 Å². The van der Waals surface area contributed by atoms with Gasteiger partial charge in [-0.25, -0.2) is 4.98 Å². The van der Waals surface area contributed by atoms with Gasteiger partial charge in [0, 0.05) is 76.9 Å². The van der Waals surface area contributed by atoms with E-state index in [0.717, 1.165) is 60.8 Å². The number of piperazine rings is 1. The summed E-state index contributed by atoms with van der Waals surface area (Å²) < 4.78 is 0. The van der Waals surface area contributed by atoms with Crippen molar-refractivity contribution in [2.75, 3.05) is 51.7 Å². The van der Waals surface area contributed by atoms with E-state index in [4.69, 9.17) is 0 Å². The number of aromatic nitrogens is 2. The van der Waals surface area contributed by atoms with Gasteiger partial charge in [0.05, 0.1) is 12.7 Å². The molecular formula is C27H34N6O2. The van der Waals surface area contributed by atoms with Crippen molar-refractivity contribution in [1.29, 1.82) is 0 Å². The molecule has 8 nitrogen and oxygen atoms in total. The van der Waals surface area contributed by atoms with E-state index in [2.05, 4.69) is 44.2 Å². The lowest BCUT2D eigenvalue weighted by molar-refractivity contribution is -0.129. The van der Waals surface area contributed by atoms with E-state index >= 15 is 0 Å². The molecule has 184 valence electrons. The maximum Gasteiger partial charge on any atom is 0.251 e. The normalized spacial score (nSPS) is 21.8. The van der Waals surface area contributed by atoms with Crippen molar-refractivity contribution < 1.29 is 11.0 Å². The number of nitrogens with zero attached hydrogens (tertiary/aromatic N) is 5. The van der Waals surface area contributed by atoms with Crippen LogP contribution in [0.1, 0.15) is 19.0 Å². The van der Waals surface area contributed by atoms with Gasteiger partial charge in [0.15, 0.2) is 0 Å². The topological polar surface area (TPSA) is 81.7 Å². The van der Waals surface area contributed by atoms with Crippen LogP contribution in [0.4, 0.5) is 5.82 Å². The Balaban J connectivity index is 0.00000304. The van der Waals surface area contributed by atoms with Gasteiger partial charge in [-0.3, -0.25) is 19.5 Å². The molecule has 3 aliphatic rings. The molecule has 2 atom stereocenters. The molecule has 2 unspecified atom stereocenters. The molecule has 2 aliphatic carbocycles. The number of anilines is 1. The summed E-state index contributed by atoms with van der Waals surface area (Å²) in [4.78, 5) is 41.2. The Kier molecular flexibility index (Phi) is 6.38. The highest BCUT2D eigenvalue weighted by Crippen LogP contribution is 2.54. The van der Waals surface area contributed by atoms with Gasteiger partial charge in [-0.15, -0.1) is 0 Å². The number of carbonyl (C=O) groups is 2. The maximum atomic E-state index is 13.5. The van der Waals surface area contributed by atoms with Crippen molar-refractivity contribution in [2.45, 2.75) is 13.3 Å². The van der Waals surface area contributed by atoms with Crippen LogP contribution >= 0.6 is 0 Å². The molecular weight excluding hydrogens is 440 g/mol. The maximum absolute atomic E-state index is 13.5. The summed E-state index contributed by atoms with van der Waals surface area (Å²) in [7, 11) is 3.53. The first-order valence-corrected chi connectivity index (χ1v) is 12.2. The Labute approximate surface area is 207 Å². The first kappa shape index (κ1) is 23.2. The molecule has 2 heterocycles. The van der Waals surface area contributed by atoms with Gasteiger partial charge in [0.25, 0.3) is 5.91 Å². The number of hydrogen-bond donors (Lipinski definition) is 1. The zero-order valence-corrected chi connectivity index (χ0v) is 20.6. The van der Waals surface area contributed by atoms with E-state index in [-0.39, 0.29) is 19.2 Å². The second-order valence-corrected chi connectivity index (χ2v) is 9.52. The average molecular weight is 475 g/mol. The largest absolute Gasteiger partial charge is 0.355 e. The predicted molar refractivity (Wildman–Crippen MR) is 137 cm³/mol. The number of nitrogens with one attached hydrogen (secondary N) is 1. The number of carbonyl (C=O) groups excluding carboxylic acids is 2. The summed E-state index contributed by atoms with van der Waals surface area (Å²) in [5.41, 5.74) is 4.65. The molecule has 1 aromatic carbocycles. The Bertz CT molecular complexity index is 1190. The van der Waals surface area contributed by atoms with E-state index < -0.39 is 0 Å². The monoisotopic (exact) mass is 474 g/mol. The van der Waals surface area contributed by atoms with Crippen LogP contribution in [-0.2, 0) is 9.59 Å². The molecule has 0 bridgehead atoms. The molecule has 2 amide bonds. The molecule has 8 heteroatoms. The third-order valence-corrected chi connectivity index (χ3v) is 7.32. The van der Waals surface area contributed by atoms with Gasteiger partial charge in [0.2, 0.25) is 5.91 Å². The lowest BCUT2D eigenvalue weighted by Crippen LogP contribution is -2.50. The molecule has 0 radical (unpaired) electrons. The van der Waals surface area contributed by atoms with Crippen molar-refractivity contribution >= 4 is 23.2 Å². The number of rotatable bonds is 6. The predicted octanol–water partition coefficient (Wildman–Crippen LogP) is 2.34. The highest BCUT2D eigenvalue weighted by atomic mass is 16.2. The van der Waals surface area contributed by atoms with Crippen molar-refractivity contribution in [3.8, 4) is 0 Å². The summed E-state index contributed by atoms with van der Waals surface area (Å²) >= 11 is 0. The molecule has 35 heavy (non-hydrogen) atoms. The van der Waals surface area contributed by atoms with E-state index in [9.17, 15) is 9.59 Å². The first-order chi connectivity index (χ1) is 17.0. The Morgan fingerprint density at radius 1 is 1.17 bits per heavy atom. The van der Waals surface area contributed by atoms with Crippen LogP contribution in [-0.4, -0.2) is 78.4 Å². The second kappa shape index (κ2) is 9.62. The van der Waals surface area contributed by atoms with Crippen LogP contribution in [0.2, 0.25) is 0 Å². The lowest BCUT2D eigenvalue weighted by Gasteiger charge is -2.36. The minimum Gasteiger partial charge on any atom is -0.355 e. The molecule has 1 N–H and O–H groups in total. The molecule has 0 spiro atoms. The van der Waals surface area contributed by atoms with Gasteiger partial charge >= 0.3 is 0 Å². The summed E-state index contributed by atoms with van der Waals surface area (Å²) in [6.45, 7) is 5.59. The van der Waals surface area contributed by atoms with Crippen LogP contribution in [0.15, 0.2) is 60.2 Å². The average Bonchev–Trinajstić information content (AvgIpc) is 3.67. The fourth-order valence-corrected chi connectivity index (χ4v) is 5.23. The standard InChI is InChI=1S/C27H32N6O2.H2/c1-18-6-4-5-7-20(18)25-22(27(35)28-2)15-19-14-21(19)26(25)31(3)24(34)17-32-10-12-33(13-11-32)23-16-29-8-9-30-23;/h4-9,15-16,19,21H,10-14,17H2,1-3H3,(H,28,35);1H.